The lowest BCUT2D eigenvalue weighted by Gasteiger charge is -2.39. The number of aromatic nitrogens is 1. The molecule has 0 saturated heterocycles. The summed E-state index contributed by atoms with van der Waals surface area (Å²) in [6.45, 7) is 6.30. The molecule has 0 spiro atoms. The van der Waals surface area contributed by atoms with E-state index in [0.717, 1.165) is 42.4 Å². The topological polar surface area (TPSA) is 108 Å². The first kappa shape index (κ1) is 20.2. The molecular weight excluding hydrogens is 354 g/mol. The first-order chi connectivity index (χ1) is 13.6. The maximum absolute atomic E-state index is 12.6. The highest BCUT2D eigenvalue weighted by atomic mass is 16.2. The predicted molar refractivity (Wildman–Crippen MR) is 113 cm³/mol. The van der Waals surface area contributed by atoms with E-state index in [1.807, 2.05) is 37.3 Å². The Kier molecular flexibility index (Phi) is 6.91. The molecule has 0 bridgehead atoms. The van der Waals surface area contributed by atoms with Crippen LogP contribution in [0.1, 0.15) is 26.7 Å². The van der Waals surface area contributed by atoms with Gasteiger partial charge in [0.15, 0.2) is 6.29 Å². The summed E-state index contributed by atoms with van der Waals surface area (Å²) in [6, 6.07) is 9.44. The number of nitrogens with two attached hydrogens (primary N) is 1. The Morgan fingerprint density at radius 3 is 2.86 bits per heavy atom. The third-order valence-electron chi connectivity index (χ3n) is 4.80. The van der Waals surface area contributed by atoms with Crippen LogP contribution in [-0.4, -0.2) is 53.7 Å². The maximum atomic E-state index is 12.6. The molecule has 8 heteroatoms. The number of pyridine rings is 1. The van der Waals surface area contributed by atoms with Crippen molar-refractivity contribution in [2.45, 2.75) is 39.1 Å². The fourth-order valence-corrected chi connectivity index (χ4v) is 3.39. The Hall–Kier alpha value is -2.55. The molecule has 5 N–H and O–H groups in total. The van der Waals surface area contributed by atoms with Gasteiger partial charge in [-0.15, -0.1) is 0 Å². The van der Waals surface area contributed by atoms with Crippen LogP contribution in [0.5, 0.6) is 0 Å². The predicted octanol–water partition coefficient (Wildman–Crippen LogP) is 2.09. The molecule has 2 atom stereocenters. The highest BCUT2D eigenvalue weighted by molar-refractivity contribution is 5.92. The van der Waals surface area contributed by atoms with Crippen molar-refractivity contribution in [3.05, 3.63) is 36.5 Å². The molecule has 0 fully saturated rings. The van der Waals surface area contributed by atoms with E-state index >= 15 is 0 Å². The number of anilines is 1. The minimum atomic E-state index is -0.422. The van der Waals surface area contributed by atoms with Gasteiger partial charge in [-0.2, -0.15) is 0 Å². The maximum Gasteiger partial charge on any atom is 0.323 e. The molecule has 1 aliphatic rings. The summed E-state index contributed by atoms with van der Waals surface area (Å²) in [4.78, 5) is 23.6. The fourth-order valence-electron chi connectivity index (χ4n) is 3.39. The third kappa shape index (κ3) is 5.03. The molecule has 150 valence electrons. The number of aliphatic imine (C=N–C) groups is 1. The molecule has 2 unspecified atom stereocenters. The van der Waals surface area contributed by atoms with Gasteiger partial charge in [0.25, 0.3) is 0 Å². The van der Waals surface area contributed by atoms with Gasteiger partial charge < -0.3 is 16.4 Å². The monoisotopic (exact) mass is 383 g/mol. The van der Waals surface area contributed by atoms with Crippen molar-refractivity contribution in [2.75, 3.05) is 25.0 Å². The third-order valence-corrected chi connectivity index (χ3v) is 4.80. The van der Waals surface area contributed by atoms with Gasteiger partial charge in [0, 0.05) is 30.3 Å². The van der Waals surface area contributed by atoms with Gasteiger partial charge in [-0.3, -0.25) is 10.3 Å². The quantitative estimate of drug-likeness (QED) is 0.548. The van der Waals surface area contributed by atoms with E-state index in [9.17, 15) is 4.79 Å². The summed E-state index contributed by atoms with van der Waals surface area (Å²) in [5, 5.41) is 11.3. The number of fused-ring (bicyclic) bond motifs is 1. The number of carbonyl (C=O) groups excluding carboxylic acids is 1. The first-order valence-electron chi connectivity index (χ1n) is 9.75. The average Bonchev–Trinajstić information content (AvgIpc) is 2.68. The van der Waals surface area contributed by atoms with Crippen LogP contribution in [-0.2, 0) is 0 Å². The molecule has 0 radical (unpaired) electrons. The second-order valence-corrected chi connectivity index (χ2v) is 6.90. The molecule has 1 aromatic heterocycles. The number of carbonyl (C=O) groups is 1. The minimum absolute atomic E-state index is 0.123. The molecule has 1 aliphatic heterocycles. The van der Waals surface area contributed by atoms with E-state index in [-0.39, 0.29) is 12.2 Å². The van der Waals surface area contributed by atoms with Crippen LogP contribution < -0.4 is 21.7 Å². The lowest BCUT2D eigenvalue weighted by atomic mass is 10.1. The Morgan fingerprint density at radius 2 is 2.11 bits per heavy atom. The zero-order valence-electron chi connectivity index (χ0n) is 16.5. The average molecular weight is 384 g/mol. The molecule has 8 nitrogen and oxygen atoms in total. The zero-order valence-corrected chi connectivity index (χ0v) is 16.5. The van der Waals surface area contributed by atoms with Gasteiger partial charge in [0.05, 0.1) is 6.17 Å². The van der Waals surface area contributed by atoms with Gasteiger partial charge >= 0.3 is 6.03 Å². The van der Waals surface area contributed by atoms with Crippen molar-refractivity contribution in [3.63, 3.8) is 0 Å². The summed E-state index contributed by atoms with van der Waals surface area (Å²) in [5.41, 5.74) is 6.59. The molecule has 2 aromatic rings. The number of benzene rings is 1. The summed E-state index contributed by atoms with van der Waals surface area (Å²) in [5.74, 6) is 0.508. The van der Waals surface area contributed by atoms with E-state index < -0.39 is 6.29 Å². The lowest BCUT2D eigenvalue weighted by molar-refractivity contribution is 0.0983. The zero-order chi connectivity index (χ0) is 19.9. The van der Waals surface area contributed by atoms with Crippen molar-refractivity contribution in [1.29, 1.82) is 0 Å². The number of nitrogens with one attached hydrogen (secondary N) is 3. The van der Waals surface area contributed by atoms with Crippen molar-refractivity contribution >= 4 is 28.3 Å². The standard InChI is InChI=1S/C20H29N7O/c1-3-27-18(22-10-6-9-21)11-14(2)24-19(27)26-20(28)25-17-12-15-7-4-5-8-16(15)13-23-17/h4-5,7-8,12-13,18-19,22H,3,6,9-11,21H2,1-2H3,(H2,23,25,26,28). The highest BCUT2D eigenvalue weighted by Crippen LogP contribution is 2.17. The number of hydrogen-bond acceptors (Lipinski definition) is 6. The first-order valence-corrected chi connectivity index (χ1v) is 9.75. The summed E-state index contributed by atoms with van der Waals surface area (Å²) in [7, 11) is 0. The van der Waals surface area contributed by atoms with E-state index in [2.05, 4.69) is 37.8 Å². The number of nitrogens with zero attached hydrogens (tertiary/aromatic N) is 3. The SMILES string of the molecule is CCN1C(NCCCN)CC(C)=NC1NC(=O)Nc1cc2ccccc2cn1. The number of amides is 2. The molecule has 2 amide bonds. The van der Waals surface area contributed by atoms with Crippen LogP contribution in [0.4, 0.5) is 10.6 Å². The van der Waals surface area contributed by atoms with Gasteiger partial charge in [0.1, 0.15) is 5.82 Å². The highest BCUT2D eigenvalue weighted by Gasteiger charge is 2.30. The van der Waals surface area contributed by atoms with Crippen molar-refractivity contribution in [1.82, 2.24) is 20.5 Å². The number of urea groups is 1. The summed E-state index contributed by atoms with van der Waals surface area (Å²) in [6.07, 6.45) is 3.19. The Labute approximate surface area is 165 Å². The summed E-state index contributed by atoms with van der Waals surface area (Å²) >= 11 is 0. The molecule has 2 heterocycles. The largest absolute Gasteiger partial charge is 0.330 e. The van der Waals surface area contributed by atoms with E-state index in [1.165, 1.54) is 0 Å². The van der Waals surface area contributed by atoms with Gasteiger partial charge in [-0.25, -0.2) is 14.7 Å². The normalized spacial score (nSPS) is 20.0. The molecule has 1 aromatic carbocycles. The van der Waals surface area contributed by atoms with Crippen LogP contribution in [0.2, 0.25) is 0 Å². The molecule has 3 rings (SSSR count). The second-order valence-electron chi connectivity index (χ2n) is 6.90. The van der Waals surface area contributed by atoms with E-state index in [1.54, 1.807) is 6.20 Å². The van der Waals surface area contributed by atoms with Crippen molar-refractivity contribution in [3.8, 4) is 0 Å². The van der Waals surface area contributed by atoms with Crippen molar-refractivity contribution < 1.29 is 4.79 Å². The molecule has 0 saturated carbocycles. The van der Waals surface area contributed by atoms with Crippen LogP contribution in [0.3, 0.4) is 0 Å². The van der Waals surface area contributed by atoms with Crippen molar-refractivity contribution in [2.24, 2.45) is 10.7 Å². The van der Waals surface area contributed by atoms with Crippen LogP contribution in [0.25, 0.3) is 10.8 Å². The smallest absolute Gasteiger partial charge is 0.323 e. The molecule has 0 aliphatic carbocycles. The Bertz CT molecular complexity index is 838. The van der Waals surface area contributed by atoms with E-state index in [0.29, 0.717) is 12.4 Å². The minimum Gasteiger partial charge on any atom is -0.330 e. The van der Waals surface area contributed by atoms with Crippen LogP contribution >= 0.6 is 0 Å². The number of hydrogen-bond donors (Lipinski definition) is 4. The number of rotatable bonds is 7. The second kappa shape index (κ2) is 9.59. The summed E-state index contributed by atoms with van der Waals surface area (Å²) < 4.78 is 0. The molecular formula is C20H29N7O. The van der Waals surface area contributed by atoms with Gasteiger partial charge in [0.2, 0.25) is 0 Å². The fraction of sp³-hybridized carbons (Fsp3) is 0.450. The Balaban J connectivity index is 1.65. The molecule has 28 heavy (non-hydrogen) atoms. The Morgan fingerprint density at radius 1 is 1.32 bits per heavy atom. The van der Waals surface area contributed by atoms with Crippen LogP contribution in [0.15, 0.2) is 41.5 Å². The van der Waals surface area contributed by atoms with Crippen LogP contribution in [0, 0.1) is 0 Å². The van der Waals surface area contributed by atoms with Gasteiger partial charge in [-0.05, 0) is 37.9 Å². The lowest BCUT2D eigenvalue weighted by Crippen LogP contribution is -2.59. The van der Waals surface area contributed by atoms with Gasteiger partial charge in [-0.1, -0.05) is 31.2 Å². The van der Waals surface area contributed by atoms with E-state index in [4.69, 9.17) is 5.73 Å².